The highest BCUT2D eigenvalue weighted by Crippen LogP contribution is 2.26. The molecule has 0 heterocycles. The standard InChI is InChI=1S/C13H11Cl2NO2S/c1-9-3-2-4-11(7-9)16-19(17,18)13-8-10(14)5-6-12(13)15/h2-8,16H,1H3. The molecule has 0 aromatic heterocycles. The van der Waals surface area contributed by atoms with Gasteiger partial charge in [0.15, 0.2) is 0 Å². The van der Waals surface area contributed by atoms with Crippen molar-refractivity contribution in [1.29, 1.82) is 0 Å². The molecule has 0 spiro atoms. The van der Waals surface area contributed by atoms with Crippen LogP contribution < -0.4 is 4.72 Å². The number of rotatable bonds is 3. The average molecular weight is 316 g/mol. The van der Waals surface area contributed by atoms with E-state index in [1.807, 2.05) is 13.0 Å². The summed E-state index contributed by atoms with van der Waals surface area (Å²) in [4.78, 5) is -0.0387. The van der Waals surface area contributed by atoms with E-state index in [0.717, 1.165) is 5.56 Å². The average Bonchev–Trinajstić information content (AvgIpc) is 2.31. The number of sulfonamides is 1. The smallest absolute Gasteiger partial charge is 0.263 e. The largest absolute Gasteiger partial charge is 0.280 e. The molecule has 0 saturated heterocycles. The molecular formula is C13H11Cl2NO2S. The van der Waals surface area contributed by atoms with Gasteiger partial charge in [-0.3, -0.25) is 4.72 Å². The predicted molar refractivity (Wildman–Crippen MR) is 78.4 cm³/mol. The van der Waals surface area contributed by atoms with E-state index in [2.05, 4.69) is 4.72 Å². The molecule has 2 aromatic rings. The molecule has 1 N–H and O–H groups in total. The van der Waals surface area contributed by atoms with Crippen LogP contribution in [0.2, 0.25) is 10.0 Å². The Morgan fingerprint density at radius 2 is 1.79 bits per heavy atom. The minimum atomic E-state index is -3.75. The van der Waals surface area contributed by atoms with Crippen LogP contribution in [-0.4, -0.2) is 8.42 Å². The van der Waals surface area contributed by atoms with Gasteiger partial charge in [-0.25, -0.2) is 8.42 Å². The number of hydrogen-bond donors (Lipinski definition) is 1. The molecule has 6 heteroatoms. The molecule has 19 heavy (non-hydrogen) atoms. The zero-order chi connectivity index (χ0) is 14.0. The van der Waals surface area contributed by atoms with Crippen molar-refractivity contribution in [2.75, 3.05) is 4.72 Å². The number of nitrogens with one attached hydrogen (secondary N) is 1. The number of aryl methyl sites for hydroxylation is 1. The molecule has 2 rings (SSSR count). The molecule has 2 aromatic carbocycles. The Labute approximate surface area is 122 Å². The molecule has 0 fully saturated rings. The van der Waals surface area contributed by atoms with Crippen LogP contribution in [0, 0.1) is 6.92 Å². The Morgan fingerprint density at radius 1 is 1.05 bits per heavy atom. The van der Waals surface area contributed by atoms with Crippen molar-refractivity contribution >= 4 is 38.9 Å². The van der Waals surface area contributed by atoms with Gasteiger partial charge in [0.25, 0.3) is 10.0 Å². The second-order valence-electron chi connectivity index (χ2n) is 4.05. The summed E-state index contributed by atoms with van der Waals surface area (Å²) >= 11 is 11.7. The van der Waals surface area contributed by atoms with Crippen molar-refractivity contribution in [2.24, 2.45) is 0 Å². The Morgan fingerprint density at radius 3 is 2.47 bits per heavy atom. The van der Waals surface area contributed by atoms with Crippen molar-refractivity contribution in [3.8, 4) is 0 Å². The number of hydrogen-bond acceptors (Lipinski definition) is 2. The van der Waals surface area contributed by atoms with Crippen LogP contribution in [0.25, 0.3) is 0 Å². The van der Waals surface area contributed by atoms with E-state index in [4.69, 9.17) is 23.2 Å². The second kappa shape index (κ2) is 5.41. The van der Waals surface area contributed by atoms with E-state index in [1.54, 1.807) is 18.2 Å². The summed E-state index contributed by atoms with van der Waals surface area (Å²) in [7, 11) is -3.75. The molecule has 0 atom stereocenters. The molecule has 0 radical (unpaired) electrons. The summed E-state index contributed by atoms with van der Waals surface area (Å²) in [5.74, 6) is 0. The van der Waals surface area contributed by atoms with Crippen LogP contribution in [0.15, 0.2) is 47.4 Å². The first-order chi connectivity index (χ1) is 8.88. The van der Waals surface area contributed by atoms with Gasteiger partial charge < -0.3 is 0 Å². The number of benzene rings is 2. The minimum absolute atomic E-state index is 0.0387. The lowest BCUT2D eigenvalue weighted by Crippen LogP contribution is -2.13. The zero-order valence-corrected chi connectivity index (χ0v) is 12.4. The Bertz CT molecular complexity index is 714. The first kappa shape index (κ1) is 14.2. The molecule has 0 bridgehead atoms. The van der Waals surface area contributed by atoms with Crippen LogP contribution in [0.3, 0.4) is 0 Å². The molecule has 0 amide bonds. The normalized spacial score (nSPS) is 11.3. The van der Waals surface area contributed by atoms with Gasteiger partial charge in [0, 0.05) is 10.7 Å². The van der Waals surface area contributed by atoms with E-state index in [1.165, 1.54) is 18.2 Å². The SMILES string of the molecule is Cc1cccc(NS(=O)(=O)c2cc(Cl)ccc2Cl)c1. The van der Waals surface area contributed by atoms with E-state index in [-0.39, 0.29) is 9.92 Å². The molecule has 0 saturated carbocycles. The molecule has 100 valence electrons. The fourth-order valence-electron chi connectivity index (χ4n) is 1.60. The first-order valence-electron chi connectivity index (χ1n) is 5.43. The van der Waals surface area contributed by atoms with Gasteiger partial charge in [-0.2, -0.15) is 0 Å². The van der Waals surface area contributed by atoms with Crippen molar-refractivity contribution in [3.05, 3.63) is 58.1 Å². The Hall–Kier alpha value is -1.23. The summed E-state index contributed by atoms with van der Waals surface area (Å²) < 4.78 is 26.9. The van der Waals surface area contributed by atoms with Gasteiger partial charge in [0.1, 0.15) is 4.90 Å². The maximum absolute atomic E-state index is 12.2. The summed E-state index contributed by atoms with van der Waals surface area (Å²) in [5.41, 5.74) is 1.44. The number of halogens is 2. The topological polar surface area (TPSA) is 46.2 Å². The van der Waals surface area contributed by atoms with Gasteiger partial charge in [0.05, 0.1) is 5.02 Å². The van der Waals surface area contributed by atoms with Crippen molar-refractivity contribution in [1.82, 2.24) is 0 Å². The van der Waals surface area contributed by atoms with Gasteiger partial charge >= 0.3 is 0 Å². The lowest BCUT2D eigenvalue weighted by Gasteiger charge is -2.10. The van der Waals surface area contributed by atoms with Crippen molar-refractivity contribution in [3.63, 3.8) is 0 Å². The van der Waals surface area contributed by atoms with E-state index >= 15 is 0 Å². The van der Waals surface area contributed by atoms with Crippen LogP contribution in [0.4, 0.5) is 5.69 Å². The van der Waals surface area contributed by atoms with E-state index in [0.29, 0.717) is 10.7 Å². The third-order valence-corrected chi connectivity index (χ3v) is 4.55. The van der Waals surface area contributed by atoms with Crippen LogP contribution >= 0.6 is 23.2 Å². The predicted octanol–water partition coefficient (Wildman–Crippen LogP) is 4.10. The molecule has 0 unspecified atom stereocenters. The maximum Gasteiger partial charge on any atom is 0.263 e. The van der Waals surface area contributed by atoms with Crippen molar-refractivity contribution in [2.45, 2.75) is 11.8 Å². The quantitative estimate of drug-likeness (QED) is 0.926. The second-order valence-corrected chi connectivity index (χ2v) is 6.54. The highest BCUT2D eigenvalue weighted by molar-refractivity contribution is 7.92. The third kappa shape index (κ3) is 3.41. The summed E-state index contributed by atoms with van der Waals surface area (Å²) in [6.07, 6.45) is 0. The molecule has 3 nitrogen and oxygen atoms in total. The lowest BCUT2D eigenvalue weighted by atomic mass is 10.2. The van der Waals surface area contributed by atoms with Gasteiger partial charge in [-0.1, -0.05) is 35.3 Å². The zero-order valence-electron chi connectivity index (χ0n) is 10.0. The number of anilines is 1. The summed E-state index contributed by atoms with van der Waals surface area (Å²) in [6, 6.07) is 11.4. The van der Waals surface area contributed by atoms with Gasteiger partial charge in [0.2, 0.25) is 0 Å². The fourth-order valence-corrected chi connectivity index (χ4v) is 3.41. The van der Waals surface area contributed by atoms with Gasteiger partial charge in [-0.05, 0) is 42.8 Å². The van der Waals surface area contributed by atoms with Crippen LogP contribution in [0.5, 0.6) is 0 Å². The fraction of sp³-hybridized carbons (Fsp3) is 0.0769. The molecule has 0 aliphatic heterocycles. The lowest BCUT2D eigenvalue weighted by molar-refractivity contribution is 0.601. The van der Waals surface area contributed by atoms with Crippen LogP contribution in [-0.2, 0) is 10.0 Å². The third-order valence-electron chi connectivity index (χ3n) is 2.45. The summed E-state index contributed by atoms with van der Waals surface area (Å²) in [6.45, 7) is 1.88. The maximum atomic E-state index is 12.2. The molecule has 0 aliphatic rings. The first-order valence-corrected chi connectivity index (χ1v) is 7.67. The molecular weight excluding hydrogens is 305 g/mol. The minimum Gasteiger partial charge on any atom is -0.280 e. The summed E-state index contributed by atoms with van der Waals surface area (Å²) in [5, 5.41) is 0.443. The monoisotopic (exact) mass is 315 g/mol. The van der Waals surface area contributed by atoms with Gasteiger partial charge in [-0.15, -0.1) is 0 Å². The van der Waals surface area contributed by atoms with E-state index < -0.39 is 10.0 Å². The Kier molecular flexibility index (Phi) is 4.04. The highest BCUT2D eigenvalue weighted by atomic mass is 35.5. The van der Waals surface area contributed by atoms with Crippen LogP contribution in [0.1, 0.15) is 5.56 Å². The van der Waals surface area contributed by atoms with E-state index in [9.17, 15) is 8.42 Å². The Balaban J connectivity index is 2.40. The highest BCUT2D eigenvalue weighted by Gasteiger charge is 2.18. The molecule has 0 aliphatic carbocycles. The van der Waals surface area contributed by atoms with Crippen molar-refractivity contribution < 1.29 is 8.42 Å².